The van der Waals surface area contributed by atoms with Gasteiger partial charge >= 0.3 is 5.63 Å². The van der Waals surface area contributed by atoms with E-state index in [4.69, 9.17) is 4.42 Å². The lowest BCUT2D eigenvalue weighted by molar-refractivity contribution is 0.0955. The second-order valence-electron chi connectivity index (χ2n) is 6.85. The highest BCUT2D eigenvalue weighted by molar-refractivity contribution is 6.02. The van der Waals surface area contributed by atoms with Crippen LogP contribution in [-0.2, 0) is 0 Å². The molecule has 1 aromatic heterocycles. The molecule has 0 spiro atoms. The third-order valence-electron chi connectivity index (χ3n) is 4.88. The number of fused-ring (bicyclic) bond motifs is 1. The van der Waals surface area contributed by atoms with Crippen LogP contribution >= 0.6 is 0 Å². The molecule has 0 bridgehead atoms. The van der Waals surface area contributed by atoms with Crippen LogP contribution in [-0.4, -0.2) is 24.7 Å². The molecule has 1 heterocycles. The Balaban J connectivity index is 1.86. The van der Waals surface area contributed by atoms with Gasteiger partial charge in [0.1, 0.15) is 5.58 Å². The average Bonchev–Trinajstić information content (AvgIpc) is 2.72. The van der Waals surface area contributed by atoms with E-state index in [-0.39, 0.29) is 5.91 Å². The lowest BCUT2D eigenvalue weighted by atomic mass is 10.1. The summed E-state index contributed by atoms with van der Waals surface area (Å²) in [6.07, 6.45) is 0. The summed E-state index contributed by atoms with van der Waals surface area (Å²) in [6, 6.07) is 14.7. The first-order valence-electron chi connectivity index (χ1n) is 9.67. The Bertz CT molecular complexity index is 1110. The first kappa shape index (κ1) is 20.3. The van der Waals surface area contributed by atoms with Gasteiger partial charge in [0.15, 0.2) is 0 Å². The van der Waals surface area contributed by atoms with Gasteiger partial charge < -0.3 is 9.32 Å². The summed E-state index contributed by atoms with van der Waals surface area (Å²) < 4.78 is 5.52. The molecular weight excluding hydrogens is 366 g/mol. The number of aryl methyl sites for hydroxylation is 1. The number of hydrogen-bond acceptors (Lipinski definition) is 5. The number of nitrogens with zero attached hydrogens (tertiary/aromatic N) is 2. The molecule has 3 aromatic rings. The minimum atomic E-state index is -0.486. The van der Waals surface area contributed by atoms with Gasteiger partial charge in [-0.3, -0.25) is 4.79 Å². The second-order valence-corrected chi connectivity index (χ2v) is 6.85. The van der Waals surface area contributed by atoms with Crippen LogP contribution in [0.5, 0.6) is 0 Å². The molecule has 0 radical (unpaired) electrons. The zero-order valence-corrected chi connectivity index (χ0v) is 17.2. The van der Waals surface area contributed by atoms with E-state index >= 15 is 0 Å². The molecule has 3 rings (SSSR count). The first-order chi connectivity index (χ1) is 13.9. The highest BCUT2D eigenvalue weighted by Gasteiger charge is 2.11. The lowest BCUT2D eigenvalue weighted by Gasteiger charge is -2.21. The van der Waals surface area contributed by atoms with Crippen LogP contribution in [0.15, 0.2) is 62.8 Å². The minimum Gasteiger partial charge on any atom is -0.422 e. The van der Waals surface area contributed by atoms with Crippen molar-refractivity contribution in [1.29, 1.82) is 0 Å². The van der Waals surface area contributed by atoms with Gasteiger partial charge in [-0.2, -0.15) is 5.10 Å². The summed E-state index contributed by atoms with van der Waals surface area (Å²) in [4.78, 5) is 26.9. The highest BCUT2D eigenvalue weighted by atomic mass is 16.4. The van der Waals surface area contributed by atoms with E-state index in [1.807, 2.05) is 37.3 Å². The van der Waals surface area contributed by atoms with Crippen LogP contribution in [0.1, 0.15) is 42.3 Å². The minimum absolute atomic E-state index is 0.317. The van der Waals surface area contributed by atoms with Crippen molar-refractivity contribution in [2.45, 2.75) is 27.7 Å². The third-order valence-corrected chi connectivity index (χ3v) is 4.88. The molecule has 0 aliphatic heterocycles. The largest absolute Gasteiger partial charge is 0.422 e. The molecule has 6 nitrogen and oxygen atoms in total. The molecule has 1 amide bonds. The van der Waals surface area contributed by atoms with Gasteiger partial charge in [-0.05, 0) is 58.0 Å². The lowest BCUT2D eigenvalue weighted by Crippen LogP contribution is -2.22. The Hall–Kier alpha value is -3.41. The summed E-state index contributed by atoms with van der Waals surface area (Å²) in [5.41, 5.74) is 5.81. The molecule has 0 saturated heterocycles. The van der Waals surface area contributed by atoms with Crippen LogP contribution in [0.25, 0.3) is 11.0 Å². The van der Waals surface area contributed by atoms with E-state index in [1.165, 1.54) is 0 Å². The van der Waals surface area contributed by atoms with Crippen LogP contribution in [0.3, 0.4) is 0 Å². The van der Waals surface area contributed by atoms with E-state index in [9.17, 15) is 9.59 Å². The predicted molar refractivity (Wildman–Crippen MR) is 117 cm³/mol. The number of benzene rings is 2. The fraction of sp³-hybridized carbons (Fsp3) is 0.261. The quantitative estimate of drug-likeness (QED) is 0.390. The van der Waals surface area contributed by atoms with Crippen LogP contribution in [0.4, 0.5) is 5.69 Å². The van der Waals surface area contributed by atoms with Crippen LogP contribution in [0.2, 0.25) is 0 Å². The molecule has 0 saturated carbocycles. The number of anilines is 1. The zero-order chi connectivity index (χ0) is 21.0. The molecule has 0 atom stereocenters. The summed E-state index contributed by atoms with van der Waals surface area (Å²) in [5, 5.41) is 4.88. The molecule has 0 aliphatic carbocycles. The number of amides is 1. The summed E-state index contributed by atoms with van der Waals surface area (Å²) in [5.74, 6) is -0.335. The number of carbonyl (C=O) groups excluding carboxylic acids is 1. The van der Waals surface area contributed by atoms with Crippen molar-refractivity contribution >= 4 is 28.3 Å². The van der Waals surface area contributed by atoms with Gasteiger partial charge in [-0.25, -0.2) is 10.2 Å². The van der Waals surface area contributed by atoms with E-state index in [1.54, 1.807) is 25.1 Å². The van der Waals surface area contributed by atoms with Crippen LogP contribution in [0, 0.1) is 6.92 Å². The Labute approximate surface area is 169 Å². The molecular formula is C23H25N3O3. The molecule has 0 unspecified atom stereocenters. The SMILES string of the molecule is CCN(CC)c1ccc2cc(/C(C)=N/NC(=O)c3ccc(C)cc3)c(=O)oc2c1. The molecule has 6 heteroatoms. The number of carbonyl (C=O) groups is 1. The van der Waals surface area contributed by atoms with Crippen molar-refractivity contribution < 1.29 is 9.21 Å². The van der Waals surface area contributed by atoms with Crippen molar-refractivity contribution in [3.8, 4) is 0 Å². The predicted octanol–water partition coefficient (Wildman–Crippen LogP) is 4.10. The van der Waals surface area contributed by atoms with E-state index in [0.29, 0.717) is 22.4 Å². The van der Waals surface area contributed by atoms with Crippen LogP contribution < -0.4 is 16.0 Å². The Morgan fingerprint density at radius 3 is 2.41 bits per heavy atom. The number of hydrogen-bond donors (Lipinski definition) is 1. The standard InChI is InChI=1S/C23H25N3O3/c1-5-26(6-2)19-12-11-18-13-20(23(28)29-21(18)14-19)16(4)24-25-22(27)17-9-7-15(3)8-10-17/h7-14H,5-6H2,1-4H3,(H,25,27)/b24-16+. The molecule has 2 aromatic carbocycles. The van der Waals surface area contributed by atoms with Gasteiger partial charge in [0, 0.05) is 35.8 Å². The van der Waals surface area contributed by atoms with Crippen molar-refractivity contribution in [2.24, 2.45) is 5.10 Å². The monoisotopic (exact) mass is 391 g/mol. The first-order valence-corrected chi connectivity index (χ1v) is 9.67. The fourth-order valence-corrected chi connectivity index (χ4v) is 3.10. The van der Waals surface area contributed by atoms with Crippen molar-refractivity contribution in [2.75, 3.05) is 18.0 Å². The molecule has 0 aliphatic rings. The normalized spacial score (nSPS) is 11.5. The van der Waals surface area contributed by atoms with E-state index in [0.717, 1.165) is 29.7 Å². The summed E-state index contributed by atoms with van der Waals surface area (Å²) >= 11 is 0. The number of hydrazone groups is 1. The fourth-order valence-electron chi connectivity index (χ4n) is 3.10. The second kappa shape index (κ2) is 8.73. The average molecular weight is 391 g/mol. The van der Waals surface area contributed by atoms with Crippen molar-refractivity contribution in [1.82, 2.24) is 5.43 Å². The molecule has 1 N–H and O–H groups in total. The number of nitrogens with one attached hydrogen (secondary N) is 1. The van der Waals surface area contributed by atoms with E-state index in [2.05, 4.69) is 29.3 Å². The topological polar surface area (TPSA) is 74.9 Å². The molecule has 0 fully saturated rings. The Kier molecular flexibility index (Phi) is 6.12. The number of rotatable bonds is 6. The zero-order valence-electron chi connectivity index (χ0n) is 17.2. The summed E-state index contributed by atoms with van der Waals surface area (Å²) in [7, 11) is 0. The Morgan fingerprint density at radius 1 is 1.07 bits per heavy atom. The maximum atomic E-state index is 12.5. The van der Waals surface area contributed by atoms with E-state index < -0.39 is 5.63 Å². The van der Waals surface area contributed by atoms with Crippen molar-refractivity contribution in [3.05, 3.63) is 75.6 Å². The third kappa shape index (κ3) is 4.54. The highest BCUT2D eigenvalue weighted by Crippen LogP contribution is 2.22. The smallest absolute Gasteiger partial charge is 0.345 e. The van der Waals surface area contributed by atoms with Gasteiger partial charge in [-0.15, -0.1) is 0 Å². The molecule has 29 heavy (non-hydrogen) atoms. The molecule has 150 valence electrons. The maximum absolute atomic E-state index is 12.5. The Morgan fingerprint density at radius 2 is 1.76 bits per heavy atom. The summed E-state index contributed by atoms with van der Waals surface area (Å²) in [6.45, 7) is 9.52. The van der Waals surface area contributed by atoms with Gasteiger partial charge in [0.25, 0.3) is 5.91 Å². The van der Waals surface area contributed by atoms with Crippen molar-refractivity contribution in [3.63, 3.8) is 0 Å². The van der Waals surface area contributed by atoms with Gasteiger partial charge in [0.05, 0.1) is 11.3 Å². The van der Waals surface area contributed by atoms with Gasteiger partial charge in [0.2, 0.25) is 0 Å². The maximum Gasteiger partial charge on any atom is 0.345 e. The van der Waals surface area contributed by atoms with Gasteiger partial charge in [-0.1, -0.05) is 17.7 Å².